The van der Waals surface area contributed by atoms with Crippen molar-refractivity contribution in [1.82, 2.24) is 4.98 Å². The number of carbonyl (C=O) groups is 3. The molecule has 1 aromatic heterocycles. The second-order valence-corrected chi connectivity index (χ2v) is 7.31. The van der Waals surface area contributed by atoms with Crippen LogP contribution in [-0.2, 0) is 19.1 Å². The number of anilines is 2. The number of rotatable bonds is 13. The lowest BCUT2D eigenvalue weighted by Gasteiger charge is -2.11. The number of nitrogens with zero attached hydrogens (tertiary/aromatic N) is 2. The Hall–Kier alpha value is -3.42. The number of aromatic nitrogens is 1. The summed E-state index contributed by atoms with van der Waals surface area (Å²) in [7, 11) is 0. The average Bonchev–Trinajstić information content (AvgIpc) is 3.10. The Kier molecular flexibility index (Phi) is 9.66. The summed E-state index contributed by atoms with van der Waals surface area (Å²) in [5.41, 5.74) is 0.642. The van der Waals surface area contributed by atoms with Gasteiger partial charge >= 0.3 is 11.0 Å². The second-order valence-electron chi connectivity index (χ2n) is 6.33. The number of carboxylic acid groups (broad SMARTS) is 1. The Balaban J connectivity index is 1.83. The molecule has 0 aliphatic rings. The van der Waals surface area contributed by atoms with Crippen LogP contribution in [0, 0.1) is 17.0 Å². The van der Waals surface area contributed by atoms with E-state index in [9.17, 15) is 24.5 Å². The Morgan fingerprint density at radius 2 is 1.75 bits per heavy atom. The number of hydrogen-bond donors (Lipinski definition) is 3. The number of ether oxygens (including phenoxy) is 2. The van der Waals surface area contributed by atoms with Crippen molar-refractivity contribution >= 4 is 44.9 Å². The summed E-state index contributed by atoms with van der Waals surface area (Å²) in [6, 6.07) is 6.33. The minimum Gasteiger partial charge on any atom is -0.481 e. The molecule has 2 rings (SSSR count). The lowest BCUT2D eigenvalue weighted by Crippen LogP contribution is -2.19. The van der Waals surface area contributed by atoms with Crippen LogP contribution in [0.3, 0.4) is 0 Å². The standard InChI is InChI=1S/C19H22N4O8S/c1-12-18(23(28)29)32-19(20-12)22-17(27)13-4-2-3-5-14(13)21-15(24)6-8-30-10-11-31-9-7-16(25)26/h2-5H,6-11H2,1H3,(H,21,24)(H,25,26)(H,20,22,27). The number of aryl methyl sites for hydroxylation is 1. The van der Waals surface area contributed by atoms with Crippen LogP contribution in [0.15, 0.2) is 24.3 Å². The Morgan fingerprint density at radius 1 is 1.09 bits per heavy atom. The molecular formula is C19H22N4O8S. The fourth-order valence-corrected chi connectivity index (χ4v) is 3.20. The van der Waals surface area contributed by atoms with E-state index in [1.807, 2.05) is 0 Å². The summed E-state index contributed by atoms with van der Waals surface area (Å²) >= 11 is 0.747. The quantitative estimate of drug-likeness (QED) is 0.228. The summed E-state index contributed by atoms with van der Waals surface area (Å²) in [5.74, 6) is -1.89. The van der Waals surface area contributed by atoms with Gasteiger partial charge in [-0.3, -0.25) is 29.8 Å². The normalized spacial score (nSPS) is 10.5. The van der Waals surface area contributed by atoms with Gasteiger partial charge in [0.15, 0.2) is 5.13 Å². The minimum atomic E-state index is -0.945. The molecule has 0 saturated heterocycles. The first-order chi connectivity index (χ1) is 15.3. The van der Waals surface area contributed by atoms with Crippen LogP contribution in [0.2, 0.25) is 0 Å². The van der Waals surface area contributed by atoms with E-state index in [1.165, 1.54) is 13.0 Å². The van der Waals surface area contributed by atoms with Crippen molar-refractivity contribution < 1.29 is 33.9 Å². The maximum atomic E-state index is 12.6. The molecule has 0 aliphatic carbocycles. The highest BCUT2D eigenvalue weighted by Gasteiger charge is 2.20. The zero-order chi connectivity index (χ0) is 23.5. The first kappa shape index (κ1) is 24.8. The largest absolute Gasteiger partial charge is 0.481 e. The number of hydrogen-bond acceptors (Lipinski definition) is 9. The third kappa shape index (κ3) is 8.02. The number of nitro groups is 1. The van der Waals surface area contributed by atoms with Gasteiger partial charge in [0, 0.05) is 0 Å². The number of nitrogens with one attached hydrogen (secondary N) is 2. The fourth-order valence-electron chi connectivity index (χ4n) is 2.42. The Morgan fingerprint density at radius 3 is 2.38 bits per heavy atom. The maximum absolute atomic E-state index is 12.6. The SMILES string of the molecule is Cc1nc(NC(=O)c2ccccc2NC(=O)CCOCCOCCC(=O)O)sc1[N+](=O)[O-]. The van der Waals surface area contributed by atoms with E-state index >= 15 is 0 Å². The summed E-state index contributed by atoms with van der Waals surface area (Å²) in [5, 5.41) is 24.5. The molecule has 32 heavy (non-hydrogen) atoms. The van der Waals surface area contributed by atoms with Gasteiger partial charge in [-0.25, -0.2) is 4.98 Å². The zero-order valence-electron chi connectivity index (χ0n) is 17.2. The van der Waals surface area contributed by atoms with Crippen LogP contribution in [0.4, 0.5) is 15.8 Å². The van der Waals surface area contributed by atoms with Gasteiger partial charge in [-0.2, -0.15) is 0 Å². The van der Waals surface area contributed by atoms with Crippen LogP contribution in [0.25, 0.3) is 0 Å². The smallest absolute Gasteiger partial charge is 0.348 e. The molecule has 0 bridgehead atoms. The van der Waals surface area contributed by atoms with Crippen molar-refractivity contribution in [3.05, 3.63) is 45.6 Å². The highest BCUT2D eigenvalue weighted by atomic mass is 32.1. The number of amides is 2. The summed E-state index contributed by atoms with van der Waals surface area (Å²) in [6.07, 6.45) is -0.0581. The van der Waals surface area contributed by atoms with Gasteiger partial charge in [0.05, 0.1) is 55.4 Å². The Bertz CT molecular complexity index is 978. The van der Waals surface area contributed by atoms with Gasteiger partial charge in [-0.05, 0) is 30.4 Å². The highest BCUT2D eigenvalue weighted by molar-refractivity contribution is 7.19. The topological polar surface area (TPSA) is 170 Å². The third-order valence-corrected chi connectivity index (χ3v) is 4.93. The molecule has 1 aromatic carbocycles. The van der Waals surface area contributed by atoms with Crippen molar-refractivity contribution in [1.29, 1.82) is 0 Å². The second kappa shape index (κ2) is 12.4. The van der Waals surface area contributed by atoms with E-state index in [4.69, 9.17) is 14.6 Å². The molecule has 172 valence electrons. The van der Waals surface area contributed by atoms with Gasteiger partial charge in [0.25, 0.3) is 5.91 Å². The summed E-state index contributed by atoms with van der Waals surface area (Å²) in [4.78, 5) is 49.5. The number of para-hydroxylation sites is 1. The summed E-state index contributed by atoms with van der Waals surface area (Å²) < 4.78 is 10.3. The predicted octanol–water partition coefficient (Wildman–Crippen LogP) is 2.45. The maximum Gasteiger partial charge on any atom is 0.348 e. The molecule has 12 nitrogen and oxygen atoms in total. The predicted molar refractivity (Wildman–Crippen MR) is 115 cm³/mol. The average molecular weight is 466 g/mol. The monoisotopic (exact) mass is 466 g/mol. The lowest BCUT2D eigenvalue weighted by atomic mass is 10.1. The van der Waals surface area contributed by atoms with Crippen molar-refractivity contribution in [3.63, 3.8) is 0 Å². The van der Waals surface area contributed by atoms with Gasteiger partial charge in [0.2, 0.25) is 5.91 Å². The molecular weight excluding hydrogens is 444 g/mol. The fraction of sp³-hybridized carbons (Fsp3) is 0.368. The van der Waals surface area contributed by atoms with Crippen LogP contribution in [0.5, 0.6) is 0 Å². The first-order valence-corrected chi connectivity index (χ1v) is 10.3. The molecule has 3 N–H and O–H groups in total. The van der Waals surface area contributed by atoms with E-state index < -0.39 is 16.8 Å². The van der Waals surface area contributed by atoms with E-state index in [0.29, 0.717) is 0 Å². The Labute approximate surface area is 186 Å². The molecule has 2 aromatic rings. The molecule has 0 aliphatic heterocycles. The van der Waals surface area contributed by atoms with Crippen LogP contribution < -0.4 is 10.6 Å². The molecule has 0 unspecified atom stereocenters. The minimum absolute atomic E-state index is 0.0307. The molecule has 0 spiro atoms. The molecule has 0 fully saturated rings. The number of thiazole rings is 1. The van der Waals surface area contributed by atoms with E-state index in [1.54, 1.807) is 18.2 Å². The molecule has 2 amide bonds. The molecule has 0 saturated carbocycles. The summed E-state index contributed by atoms with van der Waals surface area (Å²) in [6.45, 7) is 2.11. The van der Waals surface area contributed by atoms with Crippen molar-refractivity contribution in [3.8, 4) is 0 Å². The zero-order valence-corrected chi connectivity index (χ0v) is 18.0. The third-order valence-electron chi connectivity index (χ3n) is 3.91. The van der Waals surface area contributed by atoms with Gasteiger partial charge in [-0.15, -0.1) is 0 Å². The van der Waals surface area contributed by atoms with Crippen molar-refractivity contribution in [2.24, 2.45) is 0 Å². The van der Waals surface area contributed by atoms with E-state index in [-0.39, 0.29) is 72.3 Å². The molecule has 13 heteroatoms. The number of benzene rings is 1. The van der Waals surface area contributed by atoms with E-state index in [0.717, 1.165) is 11.3 Å². The highest BCUT2D eigenvalue weighted by Crippen LogP contribution is 2.30. The number of carboxylic acids is 1. The van der Waals surface area contributed by atoms with Crippen LogP contribution >= 0.6 is 11.3 Å². The van der Waals surface area contributed by atoms with Crippen molar-refractivity contribution in [2.45, 2.75) is 19.8 Å². The molecule has 0 atom stereocenters. The molecule has 1 heterocycles. The lowest BCUT2D eigenvalue weighted by molar-refractivity contribution is -0.380. The molecule has 0 radical (unpaired) electrons. The number of aliphatic carboxylic acids is 1. The van der Waals surface area contributed by atoms with Crippen molar-refractivity contribution in [2.75, 3.05) is 37.1 Å². The van der Waals surface area contributed by atoms with Crippen LogP contribution in [-0.4, -0.2) is 59.2 Å². The van der Waals surface area contributed by atoms with Crippen LogP contribution in [0.1, 0.15) is 28.9 Å². The van der Waals surface area contributed by atoms with Gasteiger partial charge in [-0.1, -0.05) is 12.1 Å². The first-order valence-electron chi connectivity index (χ1n) is 9.47. The van der Waals surface area contributed by atoms with Gasteiger partial charge in [0.1, 0.15) is 5.69 Å². The van der Waals surface area contributed by atoms with Gasteiger partial charge < -0.3 is 19.9 Å². The number of carbonyl (C=O) groups excluding carboxylic acids is 2. The van der Waals surface area contributed by atoms with E-state index in [2.05, 4.69) is 15.6 Å².